The van der Waals surface area contributed by atoms with E-state index in [0.717, 1.165) is 5.56 Å². The van der Waals surface area contributed by atoms with Crippen molar-refractivity contribution in [2.75, 3.05) is 19.5 Å². The Morgan fingerprint density at radius 1 is 0.967 bits per heavy atom. The van der Waals surface area contributed by atoms with E-state index in [1.807, 2.05) is 18.2 Å². The van der Waals surface area contributed by atoms with Gasteiger partial charge < -0.3 is 19.5 Å². The van der Waals surface area contributed by atoms with Crippen LogP contribution in [0, 0.1) is 10.1 Å². The monoisotopic (exact) mass is 408 g/mol. The van der Waals surface area contributed by atoms with E-state index in [2.05, 4.69) is 5.32 Å². The van der Waals surface area contributed by atoms with Gasteiger partial charge in [0.25, 0.3) is 11.6 Å². The fourth-order valence-corrected chi connectivity index (χ4v) is 2.74. The number of para-hydroxylation sites is 2. The lowest BCUT2D eigenvalue weighted by Gasteiger charge is -2.11. The molecule has 3 aromatic rings. The Hall–Kier alpha value is -4.07. The molecular weight excluding hydrogens is 388 g/mol. The lowest BCUT2D eigenvalue weighted by molar-refractivity contribution is -0.384. The van der Waals surface area contributed by atoms with Crippen molar-refractivity contribution < 1.29 is 23.9 Å². The predicted molar refractivity (Wildman–Crippen MR) is 111 cm³/mol. The molecule has 0 spiro atoms. The molecule has 0 radical (unpaired) electrons. The van der Waals surface area contributed by atoms with Crippen LogP contribution in [0.4, 0.5) is 11.4 Å². The fraction of sp³-hybridized carbons (Fsp3) is 0.136. The van der Waals surface area contributed by atoms with Crippen LogP contribution in [0.15, 0.2) is 66.7 Å². The van der Waals surface area contributed by atoms with Crippen LogP contribution in [0.25, 0.3) is 0 Å². The number of methoxy groups -OCH3 is 2. The van der Waals surface area contributed by atoms with Crippen LogP contribution in [0.1, 0.15) is 15.9 Å². The number of nitrogens with zero attached hydrogens (tertiary/aromatic N) is 1. The first-order chi connectivity index (χ1) is 14.5. The molecule has 0 aliphatic heterocycles. The Balaban J connectivity index is 1.68. The summed E-state index contributed by atoms with van der Waals surface area (Å²) in [5, 5.41) is 13.8. The molecule has 0 saturated carbocycles. The van der Waals surface area contributed by atoms with Gasteiger partial charge in [0.1, 0.15) is 18.0 Å². The standard InChI is InChI=1S/C22H20N2O6/c1-28-17-11-12-18(19(13-17)24(26)27)23-22(25)16-9-7-15(8-10-16)14-30-21-6-4-3-5-20(21)29-2/h3-13H,14H2,1-2H3,(H,23,25). The number of nitro groups is 1. The average molecular weight is 408 g/mol. The molecule has 3 rings (SSSR count). The van der Waals surface area contributed by atoms with Crippen molar-refractivity contribution in [1.29, 1.82) is 0 Å². The molecule has 0 unspecified atom stereocenters. The average Bonchev–Trinajstić information content (AvgIpc) is 2.78. The highest BCUT2D eigenvalue weighted by atomic mass is 16.6. The number of benzene rings is 3. The van der Waals surface area contributed by atoms with Crippen LogP contribution in [-0.2, 0) is 6.61 Å². The SMILES string of the molecule is COc1ccc(NC(=O)c2ccc(COc3ccccc3OC)cc2)c([N+](=O)[O-])c1. The van der Waals surface area contributed by atoms with Gasteiger partial charge in [-0.2, -0.15) is 0 Å². The van der Waals surface area contributed by atoms with Crippen LogP contribution in [0.2, 0.25) is 0 Å². The maximum absolute atomic E-state index is 12.5. The molecule has 3 aromatic carbocycles. The van der Waals surface area contributed by atoms with E-state index in [9.17, 15) is 14.9 Å². The first-order valence-electron chi connectivity index (χ1n) is 9.00. The molecule has 154 valence electrons. The number of anilines is 1. The molecule has 0 saturated heterocycles. The van der Waals surface area contributed by atoms with Gasteiger partial charge in [0.05, 0.1) is 25.2 Å². The first-order valence-corrected chi connectivity index (χ1v) is 9.00. The zero-order valence-electron chi connectivity index (χ0n) is 16.5. The molecule has 8 heteroatoms. The van der Waals surface area contributed by atoms with E-state index in [1.165, 1.54) is 19.2 Å². The Morgan fingerprint density at radius 2 is 1.67 bits per heavy atom. The molecule has 30 heavy (non-hydrogen) atoms. The molecule has 1 amide bonds. The van der Waals surface area contributed by atoms with Gasteiger partial charge in [0.2, 0.25) is 0 Å². The van der Waals surface area contributed by atoms with Gasteiger partial charge in [-0.05, 0) is 42.0 Å². The maximum atomic E-state index is 12.5. The maximum Gasteiger partial charge on any atom is 0.296 e. The Kier molecular flexibility index (Phi) is 6.49. The Bertz CT molecular complexity index is 1050. The number of ether oxygens (including phenoxy) is 3. The van der Waals surface area contributed by atoms with Gasteiger partial charge in [-0.15, -0.1) is 0 Å². The minimum absolute atomic E-state index is 0.0920. The second-order valence-corrected chi connectivity index (χ2v) is 6.23. The number of nitro benzene ring substituents is 1. The summed E-state index contributed by atoms with van der Waals surface area (Å²) in [4.78, 5) is 23.2. The highest BCUT2D eigenvalue weighted by Crippen LogP contribution is 2.29. The number of hydrogen-bond acceptors (Lipinski definition) is 6. The minimum Gasteiger partial charge on any atom is -0.496 e. The van der Waals surface area contributed by atoms with Crippen LogP contribution in [0.5, 0.6) is 17.2 Å². The molecule has 0 fully saturated rings. The van der Waals surface area contributed by atoms with Gasteiger partial charge in [-0.3, -0.25) is 14.9 Å². The Morgan fingerprint density at radius 3 is 2.30 bits per heavy atom. The van der Waals surface area contributed by atoms with E-state index in [0.29, 0.717) is 29.4 Å². The zero-order chi connectivity index (χ0) is 21.5. The molecule has 0 aromatic heterocycles. The van der Waals surface area contributed by atoms with Gasteiger partial charge in [-0.1, -0.05) is 24.3 Å². The van der Waals surface area contributed by atoms with Crippen molar-refractivity contribution in [2.45, 2.75) is 6.61 Å². The lowest BCUT2D eigenvalue weighted by Crippen LogP contribution is -2.13. The van der Waals surface area contributed by atoms with E-state index < -0.39 is 10.8 Å². The van der Waals surface area contributed by atoms with Gasteiger partial charge >= 0.3 is 0 Å². The molecule has 0 bridgehead atoms. The van der Waals surface area contributed by atoms with E-state index in [1.54, 1.807) is 43.5 Å². The number of carbonyl (C=O) groups excluding carboxylic acids is 1. The number of carbonyl (C=O) groups is 1. The van der Waals surface area contributed by atoms with Crippen LogP contribution < -0.4 is 19.5 Å². The summed E-state index contributed by atoms with van der Waals surface area (Å²) in [6.07, 6.45) is 0. The molecule has 1 N–H and O–H groups in total. The highest BCUT2D eigenvalue weighted by molar-refractivity contribution is 6.05. The predicted octanol–water partition coefficient (Wildman–Crippen LogP) is 4.44. The summed E-state index contributed by atoms with van der Waals surface area (Å²) in [7, 11) is 2.99. The van der Waals surface area contributed by atoms with Crippen molar-refractivity contribution in [3.05, 3.63) is 88.0 Å². The molecule has 0 aliphatic rings. The largest absolute Gasteiger partial charge is 0.496 e. The number of nitrogens with one attached hydrogen (secondary N) is 1. The quantitative estimate of drug-likeness (QED) is 0.437. The van der Waals surface area contributed by atoms with Crippen molar-refractivity contribution in [2.24, 2.45) is 0 Å². The molecule has 0 heterocycles. The van der Waals surface area contributed by atoms with Crippen molar-refractivity contribution >= 4 is 17.3 Å². The van der Waals surface area contributed by atoms with Crippen LogP contribution in [-0.4, -0.2) is 25.1 Å². The topological polar surface area (TPSA) is 99.9 Å². The van der Waals surface area contributed by atoms with Crippen molar-refractivity contribution in [3.8, 4) is 17.2 Å². The van der Waals surface area contributed by atoms with Crippen molar-refractivity contribution in [1.82, 2.24) is 0 Å². The minimum atomic E-state index is -0.573. The van der Waals surface area contributed by atoms with Gasteiger partial charge in [0.15, 0.2) is 11.5 Å². The summed E-state index contributed by atoms with van der Waals surface area (Å²) in [6.45, 7) is 0.298. The number of hydrogen-bond donors (Lipinski definition) is 1. The van der Waals surface area contributed by atoms with Gasteiger partial charge in [-0.25, -0.2) is 0 Å². The third-order valence-corrected chi connectivity index (χ3v) is 4.33. The number of rotatable bonds is 8. The zero-order valence-corrected chi connectivity index (χ0v) is 16.5. The second-order valence-electron chi connectivity index (χ2n) is 6.23. The highest BCUT2D eigenvalue weighted by Gasteiger charge is 2.18. The summed E-state index contributed by atoms with van der Waals surface area (Å²) < 4.78 is 16.0. The first kappa shape index (κ1) is 20.7. The fourth-order valence-electron chi connectivity index (χ4n) is 2.74. The molecule has 0 aliphatic carbocycles. The van der Waals surface area contributed by atoms with Crippen LogP contribution >= 0.6 is 0 Å². The smallest absolute Gasteiger partial charge is 0.296 e. The molecular formula is C22H20N2O6. The van der Waals surface area contributed by atoms with E-state index in [-0.39, 0.29) is 11.4 Å². The summed E-state index contributed by atoms with van der Waals surface area (Å²) >= 11 is 0. The lowest BCUT2D eigenvalue weighted by atomic mass is 10.1. The van der Waals surface area contributed by atoms with Crippen molar-refractivity contribution in [3.63, 3.8) is 0 Å². The van der Waals surface area contributed by atoms with Crippen LogP contribution in [0.3, 0.4) is 0 Å². The second kappa shape index (κ2) is 9.42. The van der Waals surface area contributed by atoms with Gasteiger partial charge in [0, 0.05) is 5.56 Å². The normalized spacial score (nSPS) is 10.2. The summed E-state index contributed by atoms with van der Waals surface area (Å²) in [6, 6.07) is 18.3. The summed E-state index contributed by atoms with van der Waals surface area (Å²) in [5.41, 5.74) is 1.06. The van der Waals surface area contributed by atoms with E-state index >= 15 is 0 Å². The summed E-state index contributed by atoms with van der Waals surface area (Å²) in [5.74, 6) is 1.13. The third-order valence-electron chi connectivity index (χ3n) is 4.33. The number of amides is 1. The molecule has 0 atom stereocenters. The molecule has 8 nitrogen and oxygen atoms in total. The third kappa shape index (κ3) is 4.85. The Labute approximate surface area is 173 Å². The van der Waals surface area contributed by atoms with E-state index in [4.69, 9.17) is 14.2 Å².